The van der Waals surface area contributed by atoms with Crippen LogP contribution in [0.1, 0.15) is 16.8 Å². The number of nitrogens with two attached hydrogens (primary N) is 1. The molecule has 18 heavy (non-hydrogen) atoms. The zero-order chi connectivity index (χ0) is 12.5. The molecule has 2 heterocycles. The first-order chi connectivity index (χ1) is 8.75. The fourth-order valence-corrected chi connectivity index (χ4v) is 2.25. The number of fused-ring (bicyclic) bond motifs is 1. The lowest BCUT2D eigenvalue weighted by Gasteiger charge is -2.03. The van der Waals surface area contributed by atoms with Gasteiger partial charge in [-0.15, -0.1) is 0 Å². The van der Waals surface area contributed by atoms with Crippen LogP contribution in [0.4, 0.5) is 5.82 Å². The molecule has 0 saturated heterocycles. The second kappa shape index (κ2) is 4.14. The van der Waals surface area contributed by atoms with E-state index >= 15 is 0 Å². The number of aryl methyl sites for hydroxylation is 1. The number of anilines is 1. The summed E-state index contributed by atoms with van der Waals surface area (Å²) in [5.41, 5.74) is 10.3. The van der Waals surface area contributed by atoms with Gasteiger partial charge in [0.25, 0.3) is 0 Å². The monoisotopic (exact) mass is 238 g/mol. The van der Waals surface area contributed by atoms with Crippen molar-refractivity contribution in [1.29, 1.82) is 0 Å². The summed E-state index contributed by atoms with van der Waals surface area (Å²) in [5, 5.41) is 0.943. The van der Waals surface area contributed by atoms with E-state index in [4.69, 9.17) is 5.73 Å². The maximum atomic E-state index is 5.95. The van der Waals surface area contributed by atoms with Crippen LogP contribution in [0.3, 0.4) is 0 Å². The minimum atomic E-state index is 0.537. The van der Waals surface area contributed by atoms with E-state index in [0.29, 0.717) is 5.82 Å². The first-order valence-electron chi connectivity index (χ1n) is 5.87. The van der Waals surface area contributed by atoms with Crippen molar-refractivity contribution in [3.8, 4) is 0 Å². The standard InChI is InChI=1S/C14H14N4/c1-9-11(7-10-5-3-2-4-6-10)12-13(15)16-8-17-14(12)18-9/h2-6,8H,7H2,1H3,(H3,15,16,17,18). The molecule has 0 spiro atoms. The molecule has 2 aromatic heterocycles. The molecule has 1 aromatic carbocycles. The Balaban J connectivity index is 2.14. The van der Waals surface area contributed by atoms with Crippen LogP contribution in [0.25, 0.3) is 11.0 Å². The van der Waals surface area contributed by atoms with Gasteiger partial charge in [-0.25, -0.2) is 9.97 Å². The van der Waals surface area contributed by atoms with Crippen LogP contribution in [-0.2, 0) is 6.42 Å². The van der Waals surface area contributed by atoms with E-state index in [1.807, 2.05) is 25.1 Å². The van der Waals surface area contributed by atoms with E-state index < -0.39 is 0 Å². The van der Waals surface area contributed by atoms with E-state index in [9.17, 15) is 0 Å². The first-order valence-corrected chi connectivity index (χ1v) is 5.87. The number of nitrogen functional groups attached to an aromatic ring is 1. The van der Waals surface area contributed by atoms with Crippen molar-refractivity contribution in [2.45, 2.75) is 13.3 Å². The van der Waals surface area contributed by atoms with E-state index in [1.54, 1.807) is 0 Å². The Kier molecular flexibility index (Phi) is 2.48. The average Bonchev–Trinajstić information content (AvgIpc) is 2.69. The third-order valence-electron chi connectivity index (χ3n) is 3.16. The summed E-state index contributed by atoms with van der Waals surface area (Å²) >= 11 is 0. The molecule has 4 nitrogen and oxygen atoms in total. The highest BCUT2D eigenvalue weighted by molar-refractivity contribution is 5.90. The lowest BCUT2D eigenvalue weighted by atomic mass is 10.0. The second-order valence-electron chi connectivity index (χ2n) is 4.37. The zero-order valence-electron chi connectivity index (χ0n) is 10.1. The van der Waals surface area contributed by atoms with Gasteiger partial charge in [0.1, 0.15) is 17.8 Å². The topological polar surface area (TPSA) is 67.6 Å². The van der Waals surface area contributed by atoms with Crippen LogP contribution in [-0.4, -0.2) is 15.0 Å². The van der Waals surface area contributed by atoms with Crippen LogP contribution >= 0.6 is 0 Å². The van der Waals surface area contributed by atoms with Crippen LogP contribution in [0.2, 0.25) is 0 Å². The number of rotatable bonds is 2. The highest BCUT2D eigenvalue weighted by atomic mass is 15.0. The fourth-order valence-electron chi connectivity index (χ4n) is 2.25. The Morgan fingerprint density at radius 2 is 1.94 bits per heavy atom. The van der Waals surface area contributed by atoms with Crippen molar-refractivity contribution in [2.75, 3.05) is 5.73 Å². The Bertz CT molecular complexity index is 686. The Hall–Kier alpha value is -2.36. The number of aromatic amines is 1. The molecule has 0 atom stereocenters. The largest absolute Gasteiger partial charge is 0.383 e. The van der Waals surface area contributed by atoms with Gasteiger partial charge in [-0.05, 0) is 18.1 Å². The number of nitrogens with zero attached hydrogens (tertiary/aromatic N) is 2. The molecule has 0 aliphatic carbocycles. The molecular formula is C14H14N4. The zero-order valence-corrected chi connectivity index (χ0v) is 10.1. The lowest BCUT2D eigenvalue weighted by molar-refractivity contribution is 1.14. The molecule has 0 saturated carbocycles. The minimum absolute atomic E-state index is 0.537. The van der Waals surface area contributed by atoms with E-state index in [-0.39, 0.29) is 0 Å². The summed E-state index contributed by atoms with van der Waals surface area (Å²) < 4.78 is 0. The summed E-state index contributed by atoms with van der Waals surface area (Å²) in [6.07, 6.45) is 2.32. The van der Waals surface area contributed by atoms with Gasteiger partial charge < -0.3 is 10.7 Å². The molecule has 4 heteroatoms. The molecule has 0 aliphatic rings. The molecular weight excluding hydrogens is 224 g/mol. The van der Waals surface area contributed by atoms with Crippen molar-refractivity contribution < 1.29 is 0 Å². The normalized spacial score (nSPS) is 10.9. The van der Waals surface area contributed by atoms with Gasteiger partial charge >= 0.3 is 0 Å². The van der Waals surface area contributed by atoms with Crippen LogP contribution < -0.4 is 5.73 Å². The van der Waals surface area contributed by atoms with E-state index in [1.165, 1.54) is 17.5 Å². The molecule has 3 N–H and O–H groups in total. The summed E-state index contributed by atoms with van der Waals surface area (Å²) in [5.74, 6) is 0.537. The van der Waals surface area contributed by atoms with Crippen molar-refractivity contribution in [2.24, 2.45) is 0 Å². The van der Waals surface area contributed by atoms with Crippen LogP contribution in [0.5, 0.6) is 0 Å². The maximum Gasteiger partial charge on any atom is 0.143 e. The smallest absolute Gasteiger partial charge is 0.143 e. The summed E-state index contributed by atoms with van der Waals surface area (Å²) in [6.45, 7) is 2.04. The average molecular weight is 238 g/mol. The maximum absolute atomic E-state index is 5.95. The van der Waals surface area contributed by atoms with Gasteiger partial charge in [0.05, 0.1) is 5.39 Å². The molecule has 0 amide bonds. The number of benzene rings is 1. The summed E-state index contributed by atoms with van der Waals surface area (Å²) in [6, 6.07) is 10.3. The number of hydrogen-bond donors (Lipinski definition) is 2. The molecule has 0 radical (unpaired) electrons. The third-order valence-corrected chi connectivity index (χ3v) is 3.16. The van der Waals surface area contributed by atoms with Crippen molar-refractivity contribution >= 4 is 16.9 Å². The van der Waals surface area contributed by atoms with Gasteiger partial charge in [0.15, 0.2) is 0 Å². The van der Waals surface area contributed by atoms with Gasteiger partial charge in [0.2, 0.25) is 0 Å². The Labute approximate surface area is 105 Å². The predicted molar refractivity (Wildman–Crippen MR) is 72.3 cm³/mol. The minimum Gasteiger partial charge on any atom is -0.383 e. The molecule has 0 bridgehead atoms. The number of hydrogen-bond acceptors (Lipinski definition) is 3. The molecule has 3 aromatic rings. The third kappa shape index (κ3) is 1.72. The Morgan fingerprint density at radius 3 is 2.72 bits per heavy atom. The second-order valence-corrected chi connectivity index (χ2v) is 4.37. The van der Waals surface area contributed by atoms with Gasteiger partial charge in [-0.2, -0.15) is 0 Å². The number of nitrogens with one attached hydrogen (secondary N) is 1. The SMILES string of the molecule is Cc1[nH]c2ncnc(N)c2c1Cc1ccccc1. The molecule has 0 unspecified atom stereocenters. The molecule has 90 valence electrons. The summed E-state index contributed by atoms with van der Waals surface area (Å²) in [4.78, 5) is 11.5. The quantitative estimate of drug-likeness (QED) is 0.720. The van der Waals surface area contributed by atoms with Gasteiger partial charge in [-0.3, -0.25) is 0 Å². The van der Waals surface area contributed by atoms with Crippen molar-refractivity contribution in [3.05, 3.63) is 53.5 Å². The Morgan fingerprint density at radius 1 is 1.17 bits per heavy atom. The van der Waals surface area contributed by atoms with E-state index in [0.717, 1.165) is 23.1 Å². The van der Waals surface area contributed by atoms with Crippen LogP contribution in [0.15, 0.2) is 36.7 Å². The molecule has 3 rings (SSSR count). The van der Waals surface area contributed by atoms with Crippen molar-refractivity contribution in [3.63, 3.8) is 0 Å². The lowest BCUT2D eigenvalue weighted by Crippen LogP contribution is -1.95. The predicted octanol–water partition coefficient (Wildman–Crippen LogP) is 2.44. The molecule has 0 aliphatic heterocycles. The highest BCUT2D eigenvalue weighted by Gasteiger charge is 2.12. The summed E-state index contributed by atoms with van der Waals surface area (Å²) in [7, 11) is 0. The fraction of sp³-hybridized carbons (Fsp3) is 0.143. The van der Waals surface area contributed by atoms with Crippen molar-refractivity contribution in [1.82, 2.24) is 15.0 Å². The molecule has 0 fully saturated rings. The number of H-pyrrole nitrogens is 1. The highest BCUT2D eigenvalue weighted by Crippen LogP contribution is 2.26. The van der Waals surface area contributed by atoms with Crippen LogP contribution in [0, 0.1) is 6.92 Å². The van der Waals surface area contributed by atoms with Gasteiger partial charge in [0, 0.05) is 12.1 Å². The first kappa shape index (κ1) is 10.8. The van der Waals surface area contributed by atoms with Gasteiger partial charge in [-0.1, -0.05) is 30.3 Å². The number of aromatic nitrogens is 3. The van der Waals surface area contributed by atoms with E-state index in [2.05, 4.69) is 27.1 Å².